The van der Waals surface area contributed by atoms with Crippen LogP contribution in [0, 0.1) is 0 Å². The number of amides is 1. The first kappa shape index (κ1) is 23.0. The van der Waals surface area contributed by atoms with Gasteiger partial charge in [0, 0.05) is 48.6 Å². The number of para-hydroxylation sites is 1. The number of fused-ring (bicyclic) bond motifs is 1. The second-order valence-electron chi connectivity index (χ2n) is 8.59. The predicted molar refractivity (Wildman–Crippen MR) is 134 cm³/mol. The molecule has 35 heavy (non-hydrogen) atoms. The number of carbonyl (C=O) groups excluding carboxylic acids is 1. The molecule has 1 fully saturated rings. The van der Waals surface area contributed by atoms with Crippen LogP contribution in [0.4, 0.5) is 11.4 Å². The van der Waals surface area contributed by atoms with E-state index in [0.29, 0.717) is 49.1 Å². The van der Waals surface area contributed by atoms with E-state index in [1.807, 2.05) is 35.2 Å². The lowest BCUT2D eigenvalue weighted by Gasteiger charge is -2.18. The smallest absolute Gasteiger partial charge is 0.262 e. The Morgan fingerprint density at radius 1 is 0.886 bits per heavy atom. The second-order valence-corrected chi connectivity index (χ2v) is 10.3. The van der Waals surface area contributed by atoms with E-state index in [1.54, 1.807) is 30.3 Å². The average molecular weight is 494 g/mol. The van der Waals surface area contributed by atoms with Gasteiger partial charge in [0.05, 0.1) is 18.1 Å². The molecule has 0 radical (unpaired) electrons. The summed E-state index contributed by atoms with van der Waals surface area (Å²) in [5.74, 6) is 0.879. The Kier molecular flexibility index (Phi) is 6.50. The van der Waals surface area contributed by atoms with Crippen LogP contribution in [0.1, 0.15) is 23.2 Å². The number of rotatable bonds is 6. The molecule has 3 aromatic carbocycles. The van der Waals surface area contributed by atoms with Crippen LogP contribution in [-0.2, 0) is 10.0 Å². The van der Waals surface area contributed by atoms with Gasteiger partial charge in [-0.05, 0) is 55.0 Å². The lowest BCUT2D eigenvalue weighted by atomic mass is 10.2. The molecular formula is C26H27N3O5S. The summed E-state index contributed by atoms with van der Waals surface area (Å²) in [4.78, 5) is 14.9. The van der Waals surface area contributed by atoms with Crippen molar-refractivity contribution in [3.05, 3.63) is 78.4 Å². The highest BCUT2D eigenvalue weighted by atomic mass is 32.2. The number of benzene rings is 3. The van der Waals surface area contributed by atoms with Gasteiger partial charge in [0.1, 0.15) is 0 Å². The summed E-state index contributed by atoms with van der Waals surface area (Å²) in [7, 11) is -3.83. The van der Waals surface area contributed by atoms with Gasteiger partial charge in [-0.15, -0.1) is 0 Å². The molecule has 8 nitrogen and oxygen atoms in total. The number of carbonyl (C=O) groups is 1. The normalized spacial score (nSPS) is 17.5. The molecule has 1 amide bonds. The average Bonchev–Trinajstić information content (AvgIpc) is 3.20. The fourth-order valence-corrected chi connectivity index (χ4v) is 5.29. The molecule has 0 spiro atoms. The van der Waals surface area contributed by atoms with Gasteiger partial charge in [0.2, 0.25) is 0 Å². The van der Waals surface area contributed by atoms with E-state index in [1.165, 1.54) is 12.1 Å². The summed E-state index contributed by atoms with van der Waals surface area (Å²) >= 11 is 0. The molecule has 2 aliphatic rings. The maximum absolute atomic E-state index is 13.0. The number of nitrogens with one attached hydrogen (secondary N) is 2. The van der Waals surface area contributed by atoms with E-state index in [0.717, 1.165) is 18.5 Å². The molecule has 0 bridgehead atoms. The summed E-state index contributed by atoms with van der Waals surface area (Å²) in [6.45, 7) is 2.29. The molecule has 182 valence electrons. The van der Waals surface area contributed by atoms with Crippen LogP contribution >= 0.6 is 0 Å². The van der Waals surface area contributed by atoms with Crippen LogP contribution in [0.5, 0.6) is 11.5 Å². The molecule has 0 aromatic heterocycles. The van der Waals surface area contributed by atoms with Gasteiger partial charge in [-0.25, -0.2) is 8.42 Å². The topological polar surface area (TPSA) is 97.0 Å². The van der Waals surface area contributed by atoms with E-state index in [9.17, 15) is 13.2 Å². The first-order valence-corrected chi connectivity index (χ1v) is 13.1. The first-order valence-electron chi connectivity index (χ1n) is 11.6. The van der Waals surface area contributed by atoms with Crippen molar-refractivity contribution in [3.8, 4) is 11.5 Å². The van der Waals surface area contributed by atoms with Crippen LogP contribution in [0.25, 0.3) is 0 Å². The van der Waals surface area contributed by atoms with Crippen LogP contribution in [0.15, 0.2) is 77.7 Å². The standard InChI is InChI=1S/C26H27N3O5S/c30-26(29-14-13-22(18-29)27-20-5-2-1-3-6-20)19-7-9-21(10-8-19)28-35(31,32)23-11-12-24-25(17-23)34-16-4-15-33-24/h1-3,5-12,17,22,27-28H,4,13-16,18H2. The third kappa shape index (κ3) is 5.35. The summed E-state index contributed by atoms with van der Waals surface area (Å²) in [5.41, 5.74) is 1.93. The molecule has 5 rings (SSSR count). The van der Waals surface area contributed by atoms with Crippen molar-refractivity contribution in [2.75, 3.05) is 36.3 Å². The Morgan fingerprint density at radius 2 is 1.63 bits per heavy atom. The fourth-order valence-electron chi connectivity index (χ4n) is 4.22. The van der Waals surface area contributed by atoms with E-state index < -0.39 is 10.0 Å². The Balaban J connectivity index is 1.22. The molecule has 9 heteroatoms. The highest BCUT2D eigenvalue weighted by Crippen LogP contribution is 2.32. The van der Waals surface area contributed by atoms with Crippen LogP contribution in [0.2, 0.25) is 0 Å². The lowest BCUT2D eigenvalue weighted by Crippen LogP contribution is -2.31. The predicted octanol–water partition coefficient (Wildman–Crippen LogP) is 3.98. The zero-order valence-corrected chi connectivity index (χ0v) is 20.0. The van der Waals surface area contributed by atoms with Gasteiger partial charge >= 0.3 is 0 Å². The Labute approximate surface area is 204 Å². The van der Waals surface area contributed by atoms with Crippen molar-refractivity contribution in [2.24, 2.45) is 0 Å². The molecule has 2 heterocycles. The number of hydrogen-bond acceptors (Lipinski definition) is 6. The third-order valence-electron chi connectivity index (χ3n) is 6.03. The number of ether oxygens (including phenoxy) is 2. The quantitative estimate of drug-likeness (QED) is 0.539. The highest BCUT2D eigenvalue weighted by Gasteiger charge is 2.27. The number of likely N-dealkylation sites (tertiary alicyclic amines) is 1. The third-order valence-corrected chi connectivity index (χ3v) is 7.41. The number of anilines is 2. The van der Waals surface area contributed by atoms with Gasteiger partial charge in [0.25, 0.3) is 15.9 Å². The molecule has 0 aliphatic carbocycles. The van der Waals surface area contributed by atoms with E-state index in [4.69, 9.17) is 9.47 Å². The minimum Gasteiger partial charge on any atom is -0.490 e. The zero-order valence-electron chi connectivity index (χ0n) is 19.1. The molecular weight excluding hydrogens is 466 g/mol. The molecule has 2 N–H and O–H groups in total. The Bertz CT molecular complexity index is 1300. The van der Waals surface area contributed by atoms with E-state index in [-0.39, 0.29) is 16.8 Å². The maximum Gasteiger partial charge on any atom is 0.262 e. The van der Waals surface area contributed by atoms with E-state index in [2.05, 4.69) is 10.0 Å². The largest absolute Gasteiger partial charge is 0.490 e. The van der Waals surface area contributed by atoms with Crippen LogP contribution in [0.3, 0.4) is 0 Å². The second kappa shape index (κ2) is 9.87. The van der Waals surface area contributed by atoms with Crippen molar-refractivity contribution in [1.29, 1.82) is 0 Å². The zero-order chi connectivity index (χ0) is 24.3. The van der Waals surface area contributed by atoms with Crippen molar-refractivity contribution in [1.82, 2.24) is 4.90 Å². The molecule has 2 aliphatic heterocycles. The number of nitrogens with zero attached hydrogens (tertiary/aromatic N) is 1. The van der Waals surface area contributed by atoms with Crippen LogP contribution in [-0.4, -0.2) is 51.6 Å². The Morgan fingerprint density at radius 3 is 2.40 bits per heavy atom. The maximum atomic E-state index is 13.0. The molecule has 1 saturated heterocycles. The monoisotopic (exact) mass is 493 g/mol. The van der Waals surface area contributed by atoms with E-state index >= 15 is 0 Å². The summed E-state index contributed by atoms with van der Waals surface area (Å²) in [6, 6.07) is 21.2. The Hall–Kier alpha value is -3.72. The summed E-state index contributed by atoms with van der Waals surface area (Å²) in [5, 5.41) is 3.46. The van der Waals surface area contributed by atoms with Crippen LogP contribution < -0.4 is 19.5 Å². The summed E-state index contributed by atoms with van der Waals surface area (Å²) < 4.78 is 39.5. The first-order chi connectivity index (χ1) is 17.0. The molecule has 3 aromatic rings. The van der Waals surface area contributed by atoms with Crippen molar-refractivity contribution in [3.63, 3.8) is 0 Å². The van der Waals surface area contributed by atoms with Crippen molar-refractivity contribution < 1.29 is 22.7 Å². The van der Waals surface area contributed by atoms with Gasteiger partial charge in [0.15, 0.2) is 11.5 Å². The SMILES string of the molecule is O=C(c1ccc(NS(=O)(=O)c2ccc3c(c2)OCCCO3)cc1)N1CCC(Nc2ccccc2)C1. The number of hydrogen-bond donors (Lipinski definition) is 2. The lowest BCUT2D eigenvalue weighted by molar-refractivity contribution is 0.0791. The van der Waals surface area contributed by atoms with Gasteiger partial charge in [-0.3, -0.25) is 9.52 Å². The van der Waals surface area contributed by atoms with Gasteiger partial charge < -0.3 is 19.7 Å². The molecule has 0 saturated carbocycles. The fraction of sp³-hybridized carbons (Fsp3) is 0.269. The van der Waals surface area contributed by atoms with Crippen molar-refractivity contribution >= 4 is 27.3 Å². The van der Waals surface area contributed by atoms with Crippen molar-refractivity contribution in [2.45, 2.75) is 23.8 Å². The minimum atomic E-state index is -3.83. The minimum absolute atomic E-state index is 0.0698. The van der Waals surface area contributed by atoms with Gasteiger partial charge in [-0.1, -0.05) is 18.2 Å². The summed E-state index contributed by atoms with van der Waals surface area (Å²) in [6.07, 6.45) is 1.61. The molecule has 1 atom stereocenters. The van der Waals surface area contributed by atoms with Gasteiger partial charge in [-0.2, -0.15) is 0 Å². The highest BCUT2D eigenvalue weighted by molar-refractivity contribution is 7.92. The molecule has 1 unspecified atom stereocenters. The number of sulfonamides is 1.